The Kier molecular flexibility index (Phi) is 4.47. The van der Waals surface area contributed by atoms with Gasteiger partial charge >= 0.3 is 5.97 Å². The molecule has 2 aromatic carbocycles. The van der Waals surface area contributed by atoms with Gasteiger partial charge in [0.2, 0.25) is 0 Å². The van der Waals surface area contributed by atoms with Gasteiger partial charge < -0.3 is 9.64 Å². The second-order valence-corrected chi connectivity index (χ2v) is 5.12. The highest BCUT2D eigenvalue weighted by molar-refractivity contribution is 5.97. The van der Waals surface area contributed by atoms with Gasteiger partial charge in [-0.25, -0.2) is 4.79 Å². The lowest BCUT2D eigenvalue weighted by molar-refractivity contribution is -0.121. The minimum Gasteiger partial charge on any atom is -0.452 e. The quantitative estimate of drug-likeness (QED) is 0.690. The number of fused-ring (bicyclic) bond motifs is 1. The van der Waals surface area contributed by atoms with Crippen molar-refractivity contribution in [3.63, 3.8) is 0 Å². The maximum absolute atomic E-state index is 12.1. The number of esters is 1. The van der Waals surface area contributed by atoms with E-state index in [9.17, 15) is 9.59 Å². The van der Waals surface area contributed by atoms with E-state index in [1.165, 1.54) is 4.90 Å². The fourth-order valence-corrected chi connectivity index (χ4v) is 2.19. The fraction of sp³-hybridized carbons (Fsp3) is 0.111. The van der Waals surface area contributed by atoms with Crippen LogP contribution in [-0.4, -0.2) is 35.5 Å². The maximum atomic E-state index is 12.1. The van der Waals surface area contributed by atoms with Crippen LogP contribution < -0.4 is 4.90 Å². The molecule has 0 spiro atoms. The van der Waals surface area contributed by atoms with Crippen molar-refractivity contribution in [1.82, 2.24) is 9.97 Å². The van der Waals surface area contributed by atoms with Crippen LogP contribution in [-0.2, 0) is 9.53 Å². The summed E-state index contributed by atoms with van der Waals surface area (Å²) < 4.78 is 5.10. The zero-order chi connectivity index (χ0) is 16.9. The second kappa shape index (κ2) is 6.87. The van der Waals surface area contributed by atoms with Gasteiger partial charge in [-0.15, -0.1) is 0 Å². The summed E-state index contributed by atoms with van der Waals surface area (Å²) in [5.74, 6) is -0.882. The van der Waals surface area contributed by atoms with Crippen LogP contribution in [0.2, 0.25) is 0 Å². The van der Waals surface area contributed by atoms with Crippen LogP contribution in [0.3, 0.4) is 0 Å². The predicted molar refractivity (Wildman–Crippen MR) is 89.7 cm³/mol. The molecule has 0 atom stereocenters. The highest BCUT2D eigenvalue weighted by Gasteiger charge is 2.15. The molecule has 0 aliphatic carbocycles. The molecule has 0 saturated heterocycles. The molecular weight excluding hydrogens is 306 g/mol. The SMILES string of the molecule is CN(C(=O)COC(=O)c1ccc2nccnc2c1)c1ccccc1. The Hall–Kier alpha value is -3.28. The standard InChI is InChI=1S/C18H15N3O3/c1-21(14-5-3-2-4-6-14)17(22)12-24-18(23)13-7-8-15-16(11-13)20-10-9-19-15/h2-11H,12H2,1H3. The van der Waals surface area contributed by atoms with Gasteiger partial charge in [0.15, 0.2) is 6.61 Å². The first-order valence-electron chi connectivity index (χ1n) is 7.34. The molecule has 1 heterocycles. The number of para-hydroxylation sites is 1. The van der Waals surface area contributed by atoms with Gasteiger partial charge in [0.05, 0.1) is 16.6 Å². The molecule has 1 amide bonds. The number of anilines is 1. The van der Waals surface area contributed by atoms with Crippen LogP contribution in [0, 0.1) is 0 Å². The van der Waals surface area contributed by atoms with Crippen molar-refractivity contribution >= 4 is 28.6 Å². The predicted octanol–water partition coefficient (Wildman–Crippen LogP) is 2.45. The normalized spacial score (nSPS) is 10.4. The minimum atomic E-state index is -0.572. The molecule has 0 unspecified atom stereocenters. The molecular formula is C18H15N3O3. The van der Waals surface area contributed by atoms with Gasteiger partial charge in [0.25, 0.3) is 5.91 Å². The molecule has 0 saturated carbocycles. The molecule has 24 heavy (non-hydrogen) atoms. The third-order valence-electron chi connectivity index (χ3n) is 3.55. The Morgan fingerprint density at radius 2 is 1.71 bits per heavy atom. The highest BCUT2D eigenvalue weighted by Crippen LogP contribution is 2.13. The average molecular weight is 321 g/mol. The van der Waals surface area contributed by atoms with E-state index in [0.29, 0.717) is 16.6 Å². The summed E-state index contributed by atoms with van der Waals surface area (Å²) in [6.45, 7) is -0.331. The van der Waals surface area contributed by atoms with Gasteiger partial charge in [-0.1, -0.05) is 18.2 Å². The number of benzene rings is 2. The molecule has 6 nitrogen and oxygen atoms in total. The van der Waals surface area contributed by atoms with Crippen LogP contribution in [0.15, 0.2) is 60.9 Å². The van der Waals surface area contributed by atoms with Crippen LogP contribution in [0.1, 0.15) is 10.4 Å². The molecule has 0 aliphatic heterocycles. The first-order chi connectivity index (χ1) is 11.6. The van der Waals surface area contributed by atoms with Gasteiger partial charge in [-0.05, 0) is 30.3 Å². The van der Waals surface area contributed by atoms with E-state index in [4.69, 9.17) is 4.74 Å². The van der Waals surface area contributed by atoms with Gasteiger partial charge in [-0.2, -0.15) is 0 Å². The Balaban J connectivity index is 1.65. The highest BCUT2D eigenvalue weighted by atomic mass is 16.5. The Labute approximate surface area is 138 Å². The number of carbonyl (C=O) groups is 2. The summed E-state index contributed by atoms with van der Waals surface area (Å²) in [6, 6.07) is 14.0. The summed E-state index contributed by atoms with van der Waals surface area (Å²) in [5, 5.41) is 0. The first kappa shape index (κ1) is 15.6. The van der Waals surface area contributed by atoms with Gasteiger partial charge in [0.1, 0.15) is 0 Å². The van der Waals surface area contributed by atoms with E-state index in [1.54, 1.807) is 37.6 Å². The zero-order valence-corrected chi connectivity index (χ0v) is 13.0. The number of aromatic nitrogens is 2. The Bertz CT molecular complexity index is 881. The number of rotatable bonds is 4. The molecule has 1 aromatic heterocycles. The fourth-order valence-electron chi connectivity index (χ4n) is 2.19. The van der Waals surface area contributed by atoms with E-state index < -0.39 is 5.97 Å². The number of hydrogen-bond acceptors (Lipinski definition) is 5. The van der Waals surface area contributed by atoms with E-state index in [0.717, 1.165) is 5.69 Å². The van der Waals surface area contributed by atoms with Crippen LogP contribution in [0.4, 0.5) is 5.69 Å². The molecule has 3 aromatic rings. The monoisotopic (exact) mass is 321 g/mol. The van der Waals surface area contributed by atoms with Gasteiger partial charge in [0, 0.05) is 25.1 Å². The average Bonchev–Trinajstić information content (AvgIpc) is 2.65. The van der Waals surface area contributed by atoms with Crippen molar-refractivity contribution in [3.05, 3.63) is 66.5 Å². The second-order valence-electron chi connectivity index (χ2n) is 5.12. The third-order valence-corrected chi connectivity index (χ3v) is 3.55. The molecule has 0 radical (unpaired) electrons. The Morgan fingerprint density at radius 1 is 1.00 bits per heavy atom. The Morgan fingerprint density at radius 3 is 2.46 bits per heavy atom. The molecule has 0 fully saturated rings. The first-order valence-corrected chi connectivity index (χ1v) is 7.34. The number of likely N-dealkylation sites (N-methyl/N-ethyl adjacent to an activating group) is 1. The topological polar surface area (TPSA) is 72.4 Å². The lowest BCUT2D eigenvalue weighted by Gasteiger charge is -2.17. The molecule has 0 N–H and O–H groups in total. The minimum absolute atomic E-state index is 0.310. The number of amides is 1. The summed E-state index contributed by atoms with van der Waals surface area (Å²) in [4.78, 5) is 34.0. The van der Waals surface area contributed by atoms with Crippen LogP contribution in [0.25, 0.3) is 11.0 Å². The third kappa shape index (κ3) is 3.38. The summed E-state index contributed by atoms with van der Waals surface area (Å²) in [5.41, 5.74) is 2.35. The number of nitrogens with zero attached hydrogens (tertiary/aromatic N) is 3. The number of carbonyl (C=O) groups excluding carboxylic acids is 2. The lowest BCUT2D eigenvalue weighted by atomic mass is 10.2. The summed E-state index contributed by atoms with van der Waals surface area (Å²) >= 11 is 0. The van der Waals surface area contributed by atoms with Crippen molar-refractivity contribution in [1.29, 1.82) is 0 Å². The van der Waals surface area contributed by atoms with E-state index in [-0.39, 0.29) is 12.5 Å². The van der Waals surface area contributed by atoms with Crippen molar-refractivity contribution < 1.29 is 14.3 Å². The molecule has 0 bridgehead atoms. The van der Waals surface area contributed by atoms with E-state index in [2.05, 4.69) is 9.97 Å². The molecule has 6 heteroatoms. The molecule has 120 valence electrons. The van der Waals surface area contributed by atoms with Crippen molar-refractivity contribution in [3.8, 4) is 0 Å². The number of ether oxygens (including phenoxy) is 1. The van der Waals surface area contributed by atoms with E-state index >= 15 is 0 Å². The largest absolute Gasteiger partial charge is 0.452 e. The smallest absolute Gasteiger partial charge is 0.338 e. The maximum Gasteiger partial charge on any atom is 0.338 e. The lowest BCUT2D eigenvalue weighted by Crippen LogP contribution is -2.31. The van der Waals surface area contributed by atoms with Crippen LogP contribution in [0.5, 0.6) is 0 Å². The van der Waals surface area contributed by atoms with Crippen molar-refractivity contribution in [2.45, 2.75) is 0 Å². The van der Waals surface area contributed by atoms with Crippen molar-refractivity contribution in [2.24, 2.45) is 0 Å². The van der Waals surface area contributed by atoms with Crippen LogP contribution >= 0.6 is 0 Å². The van der Waals surface area contributed by atoms with E-state index in [1.807, 2.05) is 30.3 Å². The molecule has 0 aliphatic rings. The summed E-state index contributed by atoms with van der Waals surface area (Å²) in [6.07, 6.45) is 3.13. The number of hydrogen-bond donors (Lipinski definition) is 0. The molecule has 3 rings (SSSR count). The summed E-state index contributed by atoms with van der Waals surface area (Å²) in [7, 11) is 1.64. The zero-order valence-electron chi connectivity index (χ0n) is 13.0. The van der Waals surface area contributed by atoms with Gasteiger partial charge in [-0.3, -0.25) is 14.8 Å². The van der Waals surface area contributed by atoms with Crippen molar-refractivity contribution in [2.75, 3.05) is 18.6 Å².